The van der Waals surface area contributed by atoms with Crippen molar-refractivity contribution in [3.63, 3.8) is 0 Å². The number of ether oxygens (including phenoxy) is 1. The van der Waals surface area contributed by atoms with Gasteiger partial charge in [-0.05, 0) is 23.6 Å². The summed E-state index contributed by atoms with van der Waals surface area (Å²) in [7, 11) is 1.73. The number of aromatic nitrogens is 2. The normalized spacial score (nSPS) is 19.8. The van der Waals surface area contributed by atoms with Crippen molar-refractivity contribution in [1.82, 2.24) is 19.8 Å². The molecule has 4 heterocycles. The number of rotatable bonds is 4. The first-order valence-electron chi connectivity index (χ1n) is 8.65. The number of anilines is 1. The number of nitrogens with zero attached hydrogens (tertiary/aromatic N) is 5. The zero-order valence-corrected chi connectivity index (χ0v) is 15.3. The molecule has 8 heteroatoms. The van der Waals surface area contributed by atoms with Crippen LogP contribution in [0.4, 0.5) is 5.95 Å². The fourth-order valence-corrected chi connectivity index (χ4v) is 4.28. The molecule has 2 aliphatic rings. The van der Waals surface area contributed by atoms with Crippen LogP contribution in [0.5, 0.6) is 0 Å². The fourth-order valence-electron chi connectivity index (χ4n) is 3.52. The highest BCUT2D eigenvalue weighted by molar-refractivity contribution is 7.10. The summed E-state index contributed by atoms with van der Waals surface area (Å²) < 4.78 is 7.50. The lowest BCUT2D eigenvalue weighted by Crippen LogP contribution is -2.57. The SMILES string of the molecule is COCCN1CN=C2N[C@H](c3cccs3)n3c(nc4ccccc43)N2C1. The lowest BCUT2D eigenvalue weighted by atomic mass is 10.3. The van der Waals surface area contributed by atoms with Gasteiger partial charge in [-0.2, -0.15) is 0 Å². The lowest BCUT2D eigenvalue weighted by molar-refractivity contribution is 0.147. The van der Waals surface area contributed by atoms with E-state index in [4.69, 9.17) is 14.7 Å². The largest absolute Gasteiger partial charge is 0.383 e. The Bertz CT molecular complexity index is 950. The van der Waals surface area contributed by atoms with Crippen molar-refractivity contribution in [1.29, 1.82) is 0 Å². The lowest BCUT2D eigenvalue weighted by Gasteiger charge is -2.41. The number of aliphatic imine (C=N–C) groups is 1. The molecule has 0 unspecified atom stereocenters. The van der Waals surface area contributed by atoms with Gasteiger partial charge in [0, 0.05) is 18.5 Å². The van der Waals surface area contributed by atoms with Crippen molar-refractivity contribution in [2.24, 2.45) is 4.99 Å². The summed E-state index contributed by atoms with van der Waals surface area (Å²) in [4.78, 5) is 15.4. The third-order valence-electron chi connectivity index (χ3n) is 4.78. The first-order chi connectivity index (χ1) is 12.8. The van der Waals surface area contributed by atoms with Crippen LogP contribution >= 0.6 is 11.3 Å². The molecule has 1 atom stereocenters. The van der Waals surface area contributed by atoms with Crippen LogP contribution in [0.15, 0.2) is 46.8 Å². The number of imidazole rings is 1. The maximum Gasteiger partial charge on any atom is 0.216 e. The molecule has 1 N–H and O–H groups in total. The van der Waals surface area contributed by atoms with Crippen LogP contribution in [0, 0.1) is 0 Å². The smallest absolute Gasteiger partial charge is 0.216 e. The fraction of sp³-hybridized carbons (Fsp3) is 0.333. The van der Waals surface area contributed by atoms with E-state index in [9.17, 15) is 0 Å². The summed E-state index contributed by atoms with van der Waals surface area (Å²) >= 11 is 1.74. The molecule has 0 saturated heterocycles. The molecule has 134 valence electrons. The molecule has 0 spiro atoms. The summed E-state index contributed by atoms with van der Waals surface area (Å²) in [5.74, 6) is 1.82. The van der Waals surface area contributed by atoms with E-state index < -0.39 is 0 Å². The standard InChI is InChI=1S/C18H20N6OS/c1-25-9-8-22-11-19-17-21-16(15-7-4-10-26-15)24-14-6-3-2-5-13(14)20-18(24)23(17)12-22/h2-7,10,16H,8-9,11-12H2,1H3,(H,19,21)/t16-/m0/s1. The second-order valence-electron chi connectivity index (χ2n) is 6.41. The van der Waals surface area contributed by atoms with Gasteiger partial charge in [0.2, 0.25) is 11.9 Å². The topological polar surface area (TPSA) is 57.9 Å². The Hall–Kier alpha value is -2.42. The van der Waals surface area contributed by atoms with Crippen LogP contribution < -0.4 is 10.2 Å². The molecule has 0 fully saturated rings. The second kappa shape index (κ2) is 6.39. The minimum absolute atomic E-state index is 0.0120. The highest BCUT2D eigenvalue weighted by atomic mass is 32.1. The number of guanidine groups is 1. The van der Waals surface area contributed by atoms with E-state index in [0.29, 0.717) is 13.3 Å². The Morgan fingerprint density at radius 3 is 3.04 bits per heavy atom. The second-order valence-corrected chi connectivity index (χ2v) is 7.39. The average Bonchev–Trinajstić information content (AvgIpc) is 3.34. The van der Waals surface area contributed by atoms with Crippen molar-refractivity contribution in [2.75, 3.05) is 38.5 Å². The number of nitrogens with one attached hydrogen (secondary N) is 1. The predicted molar refractivity (Wildman–Crippen MR) is 104 cm³/mol. The molecule has 0 amide bonds. The van der Waals surface area contributed by atoms with E-state index in [-0.39, 0.29) is 6.17 Å². The van der Waals surface area contributed by atoms with E-state index in [2.05, 4.69) is 55.4 Å². The Balaban J connectivity index is 1.62. The van der Waals surface area contributed by atoms with Gasteiger partial charge in [-0.15, -0.1) is 11.3 Å². The molecule has 0 radical (unpaired) electrons. The van der Waals surface area contributed by atoms with Gasteiger partial charge < -0.3 is 10.1 Å². The molecule has 0 saturated carbocycles. The number of methoxy groups -OCH3 is 1. The molecule has 5 rings (SSSR count). The Labute approximate surface area is 155 Å². The molecule has 26 heavy (non-hydrogen) atoms. The maximum absolute atomic E-state index is 5.22. The van der Waals surface area contributed by atoms with Gasteiger partial charge in [-0.3, -0.25) is 14.4 Å². The average molecular weight is 368 g/mol. The zero-order chi connectivity index (χ0) is 17.5. The first kappa shape index (κ1) is 15.8. The molecule has 1 aromatic carbocycles. The summed E-state index contributed by atoms with van der Waals surface area (Å²) in [6, 6.07) is 12.5. The summed E-state index contributed by atoms with van der Waals surface area (Å²) in [5, 5.41) is 5.73. The molecule has 0 bridgehead atoms. The van der Waals surface area contributed by atoms with Gasteiger partial charge >= 0.3 is 0 Å². The van der Waals surface area contributed by atoms with Crippen molar-refractivity contribution in [3.8, 4) is 0 Å². The maximum atomic E-state index is 5.22. The molecule has 3 aromatic rings. The molecule has 7 nitrogen and oxygen atoms in total. The molecular weight excluding hydrogens is 348 g/mol. The van der Waals surface area contributed by atoms with E-state index >= 15 is 0 Å². The van der Waals surface area contributed by atoms with Gasteiger partial charge in [0.15, 0.2) is 0 Å². The van der Waals surface area contributed by atoms with Gasteiger partial charge in [0.1, 0.15) is 6.17 Å². The van der Waals surface area contributed by atoms with Gasteiger partial charge in [0.25, 0.3) is 0 Å². The van der Waals surface area contributed by atoms with Crippen LogP contribution in [0.2, 0.25) is 0 Å². The van der Waals surface area contributed by atoms with Crippen molar-refractivity contribution in [2.45, 2.75) is 6.17 Å². The first-order valence-corrected chi connectivity index (χ1v) is 9.53. The van der Waals surface area contributed by atoms with Crippen LogP contribution in [0.3, 0.4) is 0 Å². The Morgan fingerprint density at radius 2 is 2.19 bits per heavy atom. The third-order valence-corrected chi connectivity index (χ3v) is 5.71. The van der Waals surface area contributed by atoms with Gasteiger partial charge in [0.05, 0.1) is 31.0 Å². The predicted octanol–water partition coefficient (Wildman–Crippen LogP) is 2.29. The number of hydrogen-bond acceptors (Lipinski definition) is 7. The summed E-state index contributed by atoms with van der Waals surface area (Å²) in [6.45, 7) is 2.95. The zero-order valence-electron chi connectivity index (χ0n) is 14.5. The molecule has 2 aromatic heterocycles. The van der Waals surface area contributed by atoms with Crippen LogP contribution in [0.25, 0.3) is 11.0 Å². The van der Waals surface area contributed by atoms with Crippen LogP contribution in [-0.4, -0.2) is 54.0 Å². The highest BCUT2D eigenvalue weighted by Crippen LogP contribution is 2.35. The number of fused-ring (bicyclic) bond motifs is 5. The monoisotopic (exact) mass is 368 g/mol. The Morgan fingerprint density at radius 1 is 1.27 bits per heavy atom. The number of benzene rings is 1. The summed E-state index contributed by atoms with van der Waals surface area (Å²) in [6.07, 6.45) is 0.0120. The van der Waals surface area contributed by atoms with E-state index in [1.165, 1.54) is 4.88 Å². The quantitative estimate of drug-likeness (QED) is 0.766. The molecular formula is C18H20N6OS. The minimum atomic E-state index is 0.0120. The number of thiophene rings is 1. The number of para-hydroxylation sites is 2. The van der Waals surface area contributed by atoms with E-state index in [0.717, 1.165) is 36.2 Å². The number of hydrogen-bond donors (Lipinski definition) is 1. The molecule has 2 aliphatic heterocycles. The third kappa shape index (κ3) is 2.49. The van der Waals surface area contributed by atoms with Crippen molar-refractivity contribution < 1.29 is 4.74 Å². The van der Waals surface area contributed by atoms with Crippen LogP contribution in [0.1, 0.15) is 11.0 Å². The minimum Gasteiger partial charge on any atom is -0.383 e. The van der Waals surface area contributed by atoms with Crippen molar-refractivity contribution in [3.05, 3.63) is 46.7 Å². The van der Waals surface area contributed by atoms with Crippen LogP contribution in [-0.2, 0) is 4.74 Å². The molecule has 0 aliphatic carbocycles. The van der Waals surface area contributed by atoms with Crippen molar-refractivity contribution >= 4 is 34.3 Å². The van der Waals surface area contributed by atoms with E-state index in [1.807, 2.05) is 6.07 Å². The van der Waals surface area contributed by atoms with Gasteiger partial charge in [-0.1, -0.05) is 18.2 Å². The summed E-state index contributed by atoms with van der Waals surface area (Å²) in [5.41, 5.74) is 2.13. The highest BCUT2D eigenvalue weighted by Gasteiger charge is 2.35. The Kier molecular flexibility index (Phi) is 3.88. The van der Waals surface area contributed by atoms with Gasteiger partial charge in [-0.25, -0.2) is 9.98 Å². The van der Waals surface area contributed by atoms with E-state index in [1.54, 1.807) is 18.4 Å².